The van der Waals surface area contributed by atoms with Crippen LogP contribution in [0.3, 0.4) is 0 Å². The fraction of sp³-hybridized carbons (Fsp3) is 0.667. The van der Waals surface area contributed by atoms with Crippen molar-refractivity contribution in [1.29, 1.82) is 0 Å². The summed E-state index contributed by atoms with van der Waals surface area (Å²) < 4.78 is 0. The van der Waals surface area contributed by atoms with Crippen LogP contribution < -0.4 is 5.32 Å². The molecular weight excluding hydrogens is 322 g/mol. The lowest BCUT2D eigenvalue weighted by Gasteiger charge is -2.36. The number of rotatable bonds is 3. The van der Waals surface area contributed by atoms with Crippen LogP contribution in [-0.2, 0) is 11.2 Å². The lowest BCUT2D eigenvalue weighted by molar-refractivity contribution is -0.131. The van der Waals surface area contributed by atoms with E-state index in [1.54, 1.807) is 11.3 Å². The van der Waals surface area contributed by atoms with Gasteiger partial charge in [0, 0.05) is 42.0 Å². The Morgan fingerprint density at radius 2 is 1.75 bits per heavy atom. The molecule has 6 heteroatoms. The lowest BCUT2D eigenvalue weighted by Crippen LogP contribution is -2.54. The number of urea groups is 1. The fourth-order valence-electron chi connectivity index (χ4n) is 3.51. The zero-order chi connectivity index (χ0) is 16.9. The number of hydrogen-bond acceptors (Lipinski definition) is 3. The molecule has 0 unspecified atom stereocenters. The van der Waals surface area contributed by atoms with Gasteiger partial charge in [-0.1, -0.05) is 19.3 Å². The Kier molecular flexibility index (Phi) is 5.76. The van der Waals surface area contributed by atoms with Crippen LogP contribution in [0.4, 0.5) is 4.79 Å². The van der Waals surface area contributed by atoms with E-state index in [1.807, 2.05) is 15.9 Å². The van der Waals surface area contributed by atoms with Gasteiger partial charge in [0.05, 0.1) is 6.42 Å². The standard InChI is InChI=1S/C18H27N3O2S/c1-14-7-8-16(24-14)13-17(22)20-9-11-21(12-10-20)18(23)19-15-5-3-2-4-6-15/h7-8,15H,2-6,9-13H2,1H3,(H,19,23). The summed E-state index contributed by atoms with van der Waals surface area (Å²) in [5.41, 5.74) is 0. The first-order valence-corrected chi connectivity index (χ1v) is 9.82. The van der Waals surface area contributed by atoms with Gasteiger partial charge >= 0.3 is 6.03 Å². The summed E-state index contributed by atoms with van der Waals surface area (Å²) >= 11 is 1.68. The predicted octanol–water partition coefficient (Wildman–Crippen LogP) is 2.79. The van der Waals surface area contributed by atoms with E-state index < -0.39 is 0 Å². The minimum Gasteiger partial charge on any atom is -0.339 e. The average molecular weight is 350 g/mol. The molecule has 0 atom stereocenters. The van der Waals surface area contributed by atoms with E-state index in [9.17, 15) is 9.59 Å². The Morgan fingerprint density at radius 1 is 1.08 bits per heavy atom. The number of carbonyl (C=O) groups is 2. The molecule has 132 valence electrons. The first-order chi connectivity index (χ1) is 11.6. The zero-order valence-corrected chi connectivity index (χ0v) is 15.2. The summed E-state index contributed by atoms with van der Waals surface area (Å²) in [5, 5.41) is 3.16. The zero-order valence-electron chi connectivity index (χ0n) is 14.4. The van der Waals surface area contributed by atoms with Gasteiger partial charge in [-0.15, -0.1) is 11.3 Å². The Morgan fingerprint density at radius 3 is 2.38 bits per heavy atom. The lowest BCUT2D eigenvalue weighted by atomic mass is 9.96. The second kappa shape index (κ2) is 8.01. The molecule has 1 aromatic heterocycles. The van der Waals surface area contributed by atoms with E-state index in [0.717, 1.165) is 17.7 Å². The molecule has 0 radical (unpaired) electrons. The van der Waals surface area contributed by atoms with Crippen LogP contribution in [-0.4, -0.2) is 54.0 Å². The highest BCUT2D eigenvalue weighted by Crippen LogP contribution is 2.18. The third kappa shape index (κ3) is 4.50. The fourth-order valence-corrected chi connectivity index (χ4v) is 4.39. The molecule has 24 heavy (non-hydrogen) atoms. The van der Waals surface area contributed by atoms with Crippen molar-refractivity contribution in [2.45, 2.75) is 51.5 Å². The summed E-state index contributed by atoms with van der Waals surface area (Å²) in [5.74, 6) is 0.171. The quantitative estimate of drug-likeness (QED) is 0.912. The van der Waals surface area contributed by atoms with Crippen molar-refractivity contribution in [2.75, 3.05) is 26.2 Å². The third-order valence-electron chi connectivity index (χ3n) is 4.97. The van der Waals surface area contributed by atoms with Gasteiger partial charge in [0.15, 0.2) is 0 Å². The van der Waals surface area contributed by atoms with Crippen molar-refractivity contribution < 1.29 is 9.59 Å². The molecule has 1 saturated heterocycles. The van der Waals surface area contributed by atoms with Crippen molar-refractivity contribution in [3.05, 3.63) is 21.9 Å². The predicted molar refractivity (Wildman–Crippen MR) is 96.3 cm³/mol. The molecule has 0 bridgehead atoms. The van der Waals surface area contributed by atoms with Crippen LogP contribution in [0.15, 0.2) is 12.1 Å². The van der Waals surface area contributed by atoms with Crippen molar-refractivity contribution in [3.63, 3.8) is 0 Å². The number of nitrogens with one attached hydrogen (secondary N) is 1. The second-order valence-electron chi connectivity index (χ2n) is 6.84. The van der Waals surface area contributed by atoms with Crippen molar-refractivity contribution in [3.8, 4) is 0 Å². The number of nitrogens with zero attached hydrogens (tertiary/aromatic N) is 2. The van der Waals surface area contributed by atoms with Crippen LogP contribution in [0.1, 0.15) is 41.9 Å². The minimum atomic E-state index is 0.0443. The molecule has 2 aliphatic rings. The Hall–Kier alpha value is -1.56. The van der Waals surface area contributed by atoms with Gasteiger partial charge in [0.2, 0.25) is 5.91 Å². The molecule has 1 aromatic rings. The first kappa shape index (κ1) is 17.3. The maximum absolute atomic E-state index is 12.4. The molecular formula is C18H27N3O2S. The molecule has 0 spiro atoms. The summed E-state index contributed by atoms with van der Waals surface area (Å²) in [7, 11) is 0. The van der Waals surface area contributed by atoms with Crippen LogP contribution in [0.5, 0.6) is 0 Å². The summed E-state index contributed by atoms with van der Waals surface area (Å²) in [6.45, 7) is 4.60. The highest BCUT2D eigenvalue weighted by atomic mass is 32.1. The van der Waals surface area contributed by atoms with Gasteiger partial charge in [0.25, 0.3) is 0 Å². The van der Waals surface area contributed by atoms with Gasteiger partial charge in [-0.3, -0.25) is 4.79 Å². The maximum atomic E-state index is 12.4. The van der Waals surface area contributed by atoms with E-state index in [-0.39, 0.29) is 11.9 Å². The highest BCUT2D eigenvalue weighted by Gasteiger charge is 2.26. The first-order valence-electron chi connectivity index (χ1n) is 9.00. The normalized spacial score (nSPS) is 19.4. The molecule has 2 fully saturated rings. The summed E-state index contributed by atoms with van der Waals surface area (Å²) in [6.07, 6.45) is 6.41. The minimum absolute atomic E-state index is 0.0443. The number of thiophene rings is 1. The van der Waals surface area contributed by atoms with Gasteiger partial charge < -0.3 is 15.1 Å². The van der Waals surface area contributed by atoms with Gasteiger partial charge in [0.1, 0.15) is 0 Å². The SMILES string of the molecule is Cc1ccc(CC(=O)N2CCN(C(=O)NC3CCCCC3)CC2)s1. The molecule has 3 amide bonds. The van der Waals surface area contributed by atoms with Crippen molar-refractivity contribution >= 4 is 23.3 Å². The monoisotopic (exact) mass is 349 g/mol. The molecule has 3 rings (SSSR count). The van der Waals surface area contributed by atoms with Crippen LogP contribution in [0.25, 0.3) is 0 Å². The van der Waals surface area contributed by atoms with E-state index in [4.69, 9.17) is 0 Å². The Balaban J connectivity index is 1.43. The van der Waals surface area contributed by atoms with E-state index in [0.29, 0.717) is 38.6 Å². The highest BCUT2D eigenvalue weighted by molar-refractivity contribution is 7.12. The van der Waals surface area contributed by atoms with Crippen LogP contribution >= 0.6 is 11.3 Å². The summed E-state index contributed by atoms with van der Waals surface area (Å²) in [6, 6.07) is 4.47. The van der Waals surface area contributed by atoms with Gasteiger partial charge in [-0.2, -0.15) is 0 Å². The average Bonchev–Trinajstić information content (AvgIpc) is 3.00. The molecule has 1 saturated carbocycles. The second-order valence-corrected chi connectivity index (χ2v) is 8.21. The summed E-state index contributed by atoms with van der Waals surface area (Å²) in [4.78, 5) is 30.8. The largest absolute Gasteiger partial charge is 0.339 e. The van der Waals surface area contributed by atoms with Gasteiger partial charge in [-0.05, 0) is 31.9 Å². The smallest absolute Gasteiger partial charge is 0.317 e. The number of aryl methyl sites for hydroxylation is 1. The van der Waals surface area contributed by atoms with Crippen molar-refractivity contribution in [1.82, 2.24) is 15.1 Å². The molecule has 1 aliphatic heterocycles. The molecule has 0 aromatic carbocycles. The Bertz CT molecular complexity index is 573. The van der Waals surface area contributed by atoms with E-state index in [2.05, 4.69) is 18.3 Å². The number of amides is 3. The topological polar surface area (TPSA) is 52.7 Å². The molecule has 1 N–H and O–H groups in total. The van der Waals surface area contributed by atoms with E-state index in [1.165, 1.54) is 24.1 Å². The van der Waals surface area contributed by atoms with E-state index >= 15 is 0 Å². The van der Waals surface area contributed by atoms with Crippen molar-refractivity contribution in [2.24, 2.45) is 0 Å². The molecule has 2 heterocycles. The van der Waals surface area contributed by atoms with Gasteiger partial charge in [-0.25, -0.2) is 4.79 Å². The third-order valence-corrected chi connectivity index (χ3v) is 5.97. The van der Waals surface area contributed by atoms with Crippen LogP contribution in [0, 0.1) is 6.92 Å². The molecule has 1 aliphatic carbocycles. The number of piperazine rings is 1. The number of hydrogen-bond donors (Lipinski definition) is 1. The maximum Gasteiger partial charge on any atom is 0.317 e. The molecule has 5 nitrogen and oxygen atoms in total. The Labute approximate surface area is 148 Å². The number of carbonyl (C=O) groups excluding carboxylic acids is 2. The van der Waals surface area contributed by atoms with Crippen LogP contribution in [0.2, 0.25) is 0 Å².